The Kier molecular flexibility index (Phi) is 5.05. The van der Waals surface area contributed by atoms with Gasteiger partial charge in [0, 0.05) is 20.3 Å². The molecule has 0 saturated heterocycles. The van der Waals surface area contributed by atoms with Gasteiger partial charge >= 0.3 is 0 Å². The van der Waals surface area contributed by atoms with Gasteiger partial charge in [-0.15, -0.1) is 0 Å². The molecule has 0 aromatic rings. The molecule has 0 spiro atoms. The lowest BCUT2D eigenvalue weighted by Crippen LogP contribution is -2.00. The normalized spacial score (nSPS) is 18.0. The maximum atomic E-state index is 4.10. The molecule has 0 unspecified atom stereocenters. The van der Waals surface area contributed by atoms with Gasteiger partial charge in [-0.1, -0.05) is 24.1 Å². The van der Waals surface area contributed by atoms with Gasteiger partial charge in [-0.05, 0) is 31.8 Å². The molecule has 1 aliphatic rings. The molecule has 0 aromatic heterocycles. The van der Waals surface area contributed by atoms with E-state index in [0.29, 0.717) is 0 Å². The third-order valence-electron chi connectivity index (χ3n) is 2.32. The molecule has 1 aliphatic carbocycles. The zero-order chi connectivity index (χ0) is 10.2. The van der Waals surface area contributed by atoms with Crippen LogP contribution in [0, 0.1) is 0 Å². The molecule has 0 bridgehead atoms. The highest BCUT2D eigenvalue weighted by Crippen LogP contribution is 2.22. The fourth-order valence-corrected chi connectivity index (χ4v) is 1.59. The van der Waals surface area contributed by atoms with Crippen molar-refractivity contribution in [3.8, 4) is 0 Å². The molecule has 1 fully saturated rings. The largest absolute Gasteiger partial charge is 0.303 e. The molecule has 0 amide bonds. The third-order valence-corrected chi connectivity index (χ3v) is 2.32. The van der Waals surface area contributed by atoms with E-state index in [1.54, 1.807) is 10.6 Å². The van der Waals surface area contributed by atoms with Crippen molar-refractivity contribution in [1.29, 1.82) is 0 Å². The predicted molar refractivity (Wildman–Crippen MR) is 62.5 cm³/mol. The van der Waals surface area contributed by atoms with Crippen molar-refractivity contribution < 1.29 is 0 Å². The fourth-order valence-electron chi connectivity index (χ4n) is 1.59. The van der Waals surface area contributed by atoms with Crippen LogP contribution >= 0.6 is 0 Å². The van der Waals surface area contributed by atoms with Crippen LogP contribution in [0.3, 0.4) is 0 Å². The van der Waals surface area contributed by atoms with E-state index < -0.39 is 0 Å². The molecule has 78 valence electrons. The van der Waals surface area contributed by atoms with Gasteiger partial charge in [0.25, 0.3) is 0 Å². The van der Waals surface area contributed by atoms with E-state index in [1.165, 1.54) is 32.1 Å². The van der Waals surface area contributed by atoms with Crippen molar-refractivity contribution in [3.05, 3.63) is 23.8 Å². The van der Waals surface area contributed by atoms with Gasteiger partial charge in [-0.3, -0.25) is 0 Å². The van der Waals surface area contributed by atoms with Gasteiger partial charge in [0.2, 0.25) is 0 Å². The molecule has 0 aromatic carbocycles. The van der Waals surface area contributed by atoms with Gasteiger partial charge < -0.3 is 5.01 Å². The maximum absolute atomic E-state index is 4.10. The highest BCUT2D eigenvalue weighted by Gasteiger charge is 2.02. The van der Waals surface area contributed by atoms with E-state index in [4.69, 9.17) is 0 Å². The first-order chi connectivity index (χ1) is 6.79. The second-order valence-corrected chi connectivity index (χ2v) is 3.88. The molecule has 1 saturated carbocycles. The van der Waals surface area contributed by atoms with E-state index in [2.05, 4.69) is 17.3 Å². The van der Waals surface area contributed by atoms with Crippen LogP contribution in [0.5, 0.6) is 0 Å². The lowest BCUT2D eigenvalue weighted by atomic mass is 9.95. The summed E-state index contributed by atoms with van der Waals surface area (Å²) in [5, 5.41) is 5.89. The smallest absolute Gasteiger partial charge is 0.0470 e. The highest BCUT2D eigenvalue weighted by atomic mass is 15.4. The molecular formula is C12H20N2. The van der Waals surface area contributed by atoms with Crippen LogP contribution in [0.15, 0.2) is 28.9 Å². The molecule has 0 N–H and O–H groups in total. The summed E-state index contributed by atoms with van der Waals surface area (Å²) in [7, 11) is 3.84. The van der Waals surface area contributed by atoms with E-state index >= 15 is 0 Å². The summed E-state index contributed by atoms with van der Waals surface area (Å²) in [5.74, 6) is 0. The Balaban J connectivity index is 2.29. The summed E-state index contributed by atoms with van der Waals surface area (Å²) in [4.78, 5) is 0. The van der Waals surface area contributed by atoms with Crippen LogP contribution in [0.1, 0.15) is 32.1 Å². The molecule has 2 nitrogen and oxygen atoms in total. The van der Waals surface area contributed by atoms with Crippen molar-refractivity contribution in [2.45, 2.75) is 32.1 Å². The Hall–Kier alpha value is -1.05. The SMILES string of the molecule is CN(C)N=CC=CC=C1CCCCC1. The fraction of sp³-hybridized carbons (Fsp3) is 0.583. The first-order valence-corrected chi connectivity index (χ1v) is 5.35. The summed E-state index contributed by atoms with van der Waals surface area (Å²) >= 11 is 0. The van der Waals surface area contributed by atoms with E-state index in [1.807, 2.05) is 26.4 Å². The summed E-state index contributed by atoms with van der Waals surface area (Å²) in [6.45, 7) is 0. The van der Waals surface area contributed by atoms with Gasteiger partial charge in [-0.2, -0.15) is 5.10 Å². The monoisotopic (exact) mass is 192 g/mol. The summed E-state index contributed by atoms with van der Waals surface area (Å²) < 4.78 is 0. The van der Waals surface area contributed by atoms with Crippen LogP contribution in [0.25, 0.3) is 0 Å². The number of allylic oxidation sites excluding steroid dienone is 4. The zero-order valence-corrected chi connectivity index (χ0v) is 9.24. The van der Waals surface area contributed by atoms with Crippen molar-refractivity contribution >= 4 is 6.21 Å². The average molecular weight is 192 g/mol. The van der Waals surface area contributed by atoms with Gasteiger partial charge in [0.15, 0.2) is 0 Å². The Morgan fingerprint density at radius 2 is 1.79 bits per heavy atom. The van der Waals surface area contributed by atoms with E-state index in [9.17, 15) is 0 Å². The van der Waals surface area contributed by atoms with Crippen molar-refractivity contribution in [1.82, 2.24) is 5.01 Å². The van der Waals surface area contributed by atoms with Crippen molar-refractivity contribution in [2.24, 2.45) is 5.10 Å². The Bertz CT molecular complexity index is 229. The van der Waals surface area contributed by atoms with Crippen molar-refractivity contribution in [2.75, 3.05) is 14.1 Å². The Morgan fingerprint density at radius 3 is 2.43 bits per heavy atom. The highest BCUT2D eigenvalue weighted by molar-refractivity contribution is 5.71. The zero-order valence-electron chi connectivity index (χ0n) is 9.24. The number of hydrogen-bond donors (Lipinski definition) is 0. The molecule has 0 aliphatic heterocycles. The Labute approximate surface area is 87.0 Å². The quantitative estimate of drug-likeness (QED) is 0.496. The lowest BCUT2D eigenvalue weighted by molar-refractivity contribution is 0.440. The first kappa shape index (κ1) is 11.0. The summed E-state index contributed by atoms with van der Waals surface area (Å²) in [6.07, 6.45) is 14.8. The van der Waals surface area contributed by atoms with Crippen molar-refractivity contribution in [3.63, 3.8) is 0 Å². The number of nitrogens with zero attached hydrogens (tertiary/aromatic N) is 2. The van der Waals surface area contributed by atoms with Gasteiger partial charge in [0.05, 0.1) is 0 Å². The standard InChI is InChI=1S/C12H20N2/c1-14(2)13-11-7-6-10-12-8-4-3-5-9-12/h6-7,10-11H,3-5,8-9H2,1-2H3. The predicted octanol–water partition coefficient (Wildman–Crippen LogP) is 2.98. The lowest BCUT2D eigenvalue weighted by Gasteiger charge is -2.11. The molecular weight excluding hydrogens is 172 g/mol. The maximum Gasteiger partial charge on any atom is 0.0470 e. The number of hydrazone groups is 1. The van der Waals surface area contributed by atoms with Crippen LogP contribution < -0.4 is 0 Å². The van der Waals surface area contributed by atoms with E-state index in [-0.39, 0.29) is 0 Å². The minimum absolute atomic E-state index is 1.29. The van der Waals surface area contributed by atoms with Crippen LogP contribution in [-0.2, 0) is 0 Å². The number of hydrogen-bond acceptors (Lipinski definition) is 2. The minimum atomic E-state index is 1.29. The molecule has 0 atom stereocenters. The minimum Gasteiger partial charge on any atom is -0.303 e. The first-order valence-electron chi connectivity index (χ1n) is 5.35. The molecule has 14 heavy (non-hydrogen) atoms. The Morgan fingerprint density at radius 1 is 1.07 bits per heavy atom. The van der Waals surface area contributed by atoms with Crippen LogP contribution in [-0.4, -0.2) is 25.3 Å². The van der Waals surface area contributed by atoms with Gasteiger partial charge in [0.1, 0.15) is 0 Å². The second kappa shape index (κ2) is 6.41. The molecule has 1 rings (SSSR count). The van der Waals surface area contributed by atoms with Crippen LogP contribution in [0.2, 0.25) is 0 Å². The number of rotatable bonds is 3. The third kappa shape index (κ3) is 4.85. The summed E-state index contributed by atoms with van der Waals surface area (Å²) in [6, 6.07) is 0. The average Bonchev–Trinajstić information content (AvgIpc) is 2.18. The molecule has 0 radical (unpaired) electrons. The summed E-state index contributed by atoms with van der Waals surface area (Å²) in [5.41, 5.74) is 1.59. The second-order valence-electron chi connectivity index (χ2n) is 3.88. The van der Waals surface area contributed by atoms with Crippen LogP contribution in [0.4, 0.5) is 0 Å². The molecule has 2 heteroatoms. The van der Waals surface area contributed by atoms with Gasteiger partial charge in [-0.25, -0.2) is 0 Å². The van der Waals surface area contributed by atoms with E-state index in [0.717, 1.165) is 0 Å². The molecule has 0 heterocycles. The topological polar surface area (TPSA) is 15.6 Å².